The molecule has 0 fully saturated rings. The molecule has 0 atom stereocenters. The number of nitrogens with zero attached hydrogens (tertiary/aromatic N) is 3. The molecule has 128 valence electrons. The minimum absolute atomic E-state index is 0.260. The largest absolute Gasteiger partial charge is 0.324 e. The van der Waals surface area contributed by atoms with Gasteiger partial charge in [0.1, 0.15) is 5.69 Å². The van der Waals surface area contributed by atoms with Gasteiger partial charge in [-0.05, 0) is 67.4 Å². The second-order valence-electron chi connectivity index (χ2n) is 5.91. The highest BCUT2D eigenvalue weighted by atomic mass is 16.1. The van der Waals surface area contributed by atoms with Crippen LogP contribution in [0.3, 0.4) is 0 Å². The molecule has 6 heteroatoms. The summed E-state index contributed by atoms with van der Waals surface area (Å²) in [6.45, 7) is 3.96. The standard InChI is InChI=1S/C20H17N5O/c1-13-9-14(2)11-17(10-13)23-19(26)18-7-8-22-20(25-18)24-16-5-3-15(12-21)4-6-16/h3-11H,1-2H3,(H,23,26)(H,22,24,25). The number of hydrogen-bond acceptors (Lipinski definition) is 5. The Morgan fingerprint density at radius 2 is 1.69 bits per heavy atom. The SMILES string of the molecule is Cc1cc(C)cc(NC(=O)c2ccnc(Nc3ccc(C#N)cc3)n2)c1. The number of carbonyl (C=O) groups is 1. The maximum absolute atomic E-state index is 12.5. The van der Waals surface area contributed by atoms with Gasteiger partial charge < -0.3 is 10.6 Å². The van der Waals surface area contributed by atoms with Crippen molar-refractivity contribution < 1.29 is 4.79 Å². The van der Waals surface area contributed by atoms with E-state index in [2.05, 4.69) is 26.7 Å². The van der Waals surface area contributed by atoms with Crippen molar-refractivity contribution in [2.75, 3.05) is 10.6 Å². The molecule has 26 heavy (non-hydrogen) atoms. The van der Waals surface area contributed by atoms with E-state index in [1.165, 1.54) is 6.20 Å². The highest BCUT2D eigenvalue weighted by Gasteiger charge is 2.10. The average Bonchev–Trinajstić information content (AvgIpc) is 2.62. The highest BCUT2D eigenvalue weighted by Crippen LogP contribution is 2.16. The van der Waals surface area contributed by atoms with Crippen LogP contribution in [0.25, 0.3) is 0 Å². The summed E-state index contributed by atoms with van der Waals surface area (Å²) in [6, 6.07) is 16.4. The Morgan fingerprint density at radius 1 is 1.00 bits per heavy atom. The molecule has 6 nitrogen and oxygen atoms in total. The Morgan fingerprint density at radius 3 is 2.35 bits per heavy atom. The summed E-state index contributed by atoms with van der Waals surface area (Å²) >= 11 is 0. The number of amides is 1. The van der Waals surface area contributed by atoms with Crippen LogP contribution in [0, 0.1) is 25.2 Å². The molecule has 0 saturated carbocycles. The maximum atomic E-state index is 12.5. The molecule has 1 aromatic heterocycles. The molecule has 2 N–H and O–H groups in total. The first-order valence-corrected chi connectivity index (χ1v) is 8.03. The number of hydrogen-bond donors (Lipinski definition) is 2. The van der Waals surface area contributed by atoms with Crippen molar-refractivity contribution in [2.45, 2.75) is 13.8 Å². The molecular formula is C20H17N5O. The van der Waals surface area contributed by atoms with Crippen molar-refractivity contribution in [2.24, 2.45) is 0 Å². The Hall–Kier alpha value is -3.72. The topological polar surface area (TPSA) is 90.7 Å². The number of rotatable bonds is 4. The van der Waals surface area contributed by atoms with Gasteiger partial charge in [0.25, 0.3) is 5.91 Å². The lowest BCUT2D eigenvalue weighted by molar-refractivity contribution is 0.102. The van der Waals surface area contributed by atoms with Crippen molar-refractivity contribution in [3.63, 3.8) is 0 Å². The summed E-state index contributed by atoms with van der Waals surface area (Å²) in [5.74, 6) is 0.00283. The van der Waals surface area contributed by atoms with Crippen LogP contribution in [0.15, 0.2) is 54.7 Å². The predicted octanol–water partition coefficient (Wildman–Crippen LogP) is 3.96. The second kappa shape index (κ2) is 7.45. The fraction of sp³-hybridized carbons (Fsp3) is 0.100. The third kappa shape index (κ3) is 4.22. The first-order chi connectivity index (χ1) is 12.5. The lowest BCUT2D eigenvalue weighted by atomic mass is 10.1. The predicted molar refractivity (Wildman–Crippen MR) is 100 cm³/mol. The van der Waals surface area contributed by atoms with Gasteiger partial charge in [-0.1, -0.05) is 6.07 Å². The number of nitriles is 1. The Balaban J connectivity index is 1.75. The minimum Gasteiger partial charge on any atom is -0.324 e. The van der Waals surface area contributed by atoms with Crippen LogP contribution in [0.1, 0.15) is 27.2 Å². The summed E-state index contributed by atoms with van der Waals surface area (Å²) < 4.78 is 0. The van der Waals surface area contributed by atoms with Crippen molar-refractivity contribution >= 4 is 23.2 Å². The fourth-order valence-corrected chi connectivity index (χ4v) is 2.54. The monoisotopic (exact) mass is 343 g/mol. The number of nitrogens with one attached hydrogen (secondary N) is 2. The van der Waals surface area contributed by atoms with Gasteiger partial charge in [-0.15, -0.1) is 0 Å². The smallest absolute Gasteiger partial charge is 0.274 e. The van der Waals surface area contributed by atoms with Gasteiger partial charge in [0.05, 0.1) is 11.6 Å². The second-order valence-corrected chi connectivity index (χ2v) is 5.91. The molecule has 3 rings (SSSR count). The molecule has 1 heterocycles. The summed E-state index contributed by atoms with van der Waals surface area (Å²) in [4.78, 5) is 20.8. The minimum atomic E-state index is -0.305. The lowest BCUT2D eigenvalue weighted by Gasteiger charge is -2.09. The van der Waals surface area contributed by atoms with E-state index >= 15 is 0 Å². The van der Waals surface area contributed by atoms with E-state index in [-0.39, 0.29) is 11.6 Å². The number of anilines is 3. The molecule has 3 aromatic rings. The molecule has 1 amide bonds. The van der Waals surface area contributed by atoms with E-state index < -0.39 is 0 Å². The van der Waals surface area contributed by atoms with Gasteiger partial charge in [-0.3, -0.25) is 4.79 Å². The Kier molecular flexibility index (Phi) is 4.90. The zero-order valence-electron chi connectivity index (χ0n) is 14.4. The van der Waals surface area contributed by atoms with Gasteiger partial charge in [0, 0.05) is 17.6 Å². The number of aryl methyl sites for hydroxylation is 2. The molecule has 0 aliphatic rings. The van der Waals surface area contributed by atoms with Crippen molar-refractivity contribution in [3.8, 4) is 6.07 Å². The summed E-state index contributed by atoms with van der Waals surface area (Å²) in [6.07, 6.45) is 1.52. The number of carbonyl (C=O) groups excluding carboxylic acids is 1. The average molecular weight is 343 g/mol. The normalized spacial score (nSPS) is 10.0. The summed E-state index contributed by atoms with van der Waals surface area (Å²) in [5, 5.41) is 14.7. The molecule has 0 radical (unpaired) electrons. The van der Waals surface area contributed by atoms with E-state index in [0.717, 1.165) is 22.5 Å². The molecule has 0 saturated heterocycles. The van der Waals surface area contributed by atoms with E-state index in [4.69, 9.17) is 5.26 Å². The van der Waals surface area contributed by atoms with Crippen LogP contribution < -0.4 is 10.6 Å². The van der Waals surface area contributed by atoms with E-state index in [9.17, 15) is 4.79 Å². The third-order valence-corrected chi connectivity index (χ3v) is 3.64. The molecule has 0 aliphatic heterocycles. The number of benzene rings is 2. The molecular weight excluding hydrogens is 326 g/mol. The first-order valence-electron chi connectivity index (χ1n) is 8.03. The zero-order chi connectivity index (χ0) is 18.5. The van der Waals surface area contributed by atoms with Gasteiger partial charge >= 0.3 is 0 Å². The molecule has 0 bridgehead atoms. The number of aromatic nitrogens is 2. The van der Waals surface area contributed by atoms with Crippen LogP contribution in [-0.2, 0) is 0 Å². The quantitative estimate of drug-likeness (QED) is 0.748. The molecule has 2 aromatic carbocycles. The zero-order valence-corrected chi connectivity index (χ0v) is 14.4. The fourth-order valence-electron chi connectivity index (χ4n) is 2.54. The van der Waals surface area contributed by atoms with Crippen LogP contribution in [-0.4, -0.2) is 15.9 Å². The van der Waals surface area contributed by atoms with Gasteiger partial charge in [-0.25, -0.2) is 9.97 Å². The van der Waals surface area contributed by atoms with Crippen molar-refractivity contribution in [1.82, 2.24) is 9.97 Å². The van der Waals surface area contributed by atoms with E-state index in [0.29, 0.717) is 11.5 Å². The first kappa shape index (κ1) is 17.1. The van der Waals surface area contributed by atoms with Crippen LogP contribution in [0.4, 0.5) is 17.3 Å². The Bertz CT molecular complexity index is 970. The van der Waals surface area contributed by atoms with Crippen LogP contribution >= 0.6 is 0 Å². The molecule has 0 unspecified atom stereocenters. The third-order valence-electron chi connectivity index (χ3n) is 3.64. The lowest BCUT2D eigenvalue weighted by Crippen LogP contribution is -2.15. The molecule has 0 spiro atoms. The summed E-state index contributed by atoms with van der Waals surface area (Å²) in [5.41, 5.74) is 4.44. The molecule has 0 aliphatic carbocycles. The van der Waals surface area contributed by atoms with E-state index in [1.807, 2.05) is 32.0 Å². The van der Waals surface area contributed by atoms with Crippen molar-refractivity contribution in [3.05, 3.63) is 77.1 Å². The highest BCUT2D eigenvalue weighted by molar-refractivity contribution is 6.03. The van der Waals surface area contributed by atoms with E-state index in [1.54, 1.807) is 30.3 Å². The van der Waals surface area contributed by atoms with Gasteiger partial charge in [0.2, 0.25) is 5.95 Å². The summed E-state index contributed by atoms with van der Waals surface area (Å²) in [7, 11) is 0. The van der Waals surface area contributed by atoms with Crippen molar-refractivity contribution in [1.29, 1.82) is 5.26 Å². The van der Waals surface area contributed by atoms with Gasteiger partial charge in [0.15, 0.2) is 0 Å². The van der Waals surface area contributed by atoms with Crippen LogP contribution in [0.5, 0.6) is 0 Å². The van der Waals surface area contributed by atoms with Crippen LogP contribution in [0.2, 0.25) is 0 Å². The van der Waals surface area contributed by atoms with Gasteiger partial charge in [-0.2, -0.15) is 5.26 Å². The Labute approximate surface area is 151 Å². The maximum Gasteiger partial charge on any atom is 0.274 e.